The number of hydrogen-bond donors (Lipinski definition) is 1. The lowest BCUT2D eigenvalue weighted by Gasteiger charge is -2.43. The molecule has 0 unspecified atom stereocenters. The Kier molecular flexibility index (Phi) is 9.43. The van der Waals surface area contributed by atoms with Crippen molar-refractivity contribution < 1.29 is 13.6 Å². The van der Waals surface area contributed by atoms with Crippen LogP contribution in [0.1, 0.15) is 34.3 Å². The zero-order chi connectivity index (χ0) is 28.2. The normalized spacial score (nSPS) is 17.3. The first-order valence-electron chi connectivity index (χ1n) is 13.3. The third-order valence-corrected chi connectivity index (χ3v) is 8.62. The smallest absolute Gasteiger partial charge is 0.253 e. The summed E-state index contributed by atoms with van der Waals surface area (Å²) in [5.74, 6) is -1.19. The standard InChI is InChI=1S/C29H30Cl3F2N5O/c30-23-3-1-19(13-24(23)31)16-36-29(40)21-15-25(32)28(35-17-21)39-11-9-38(10-12-39)22-5-7-37(8-6-22)18-20-2-4-26(33)27(34)14-20/h1-4,13-15,17,22H,5-12,16,18H2,(H,36,40). The molecule has 2 aliphatic heterocycles. The minimum absolute atomic E-state index is 0.271. The van der Waals surface area contributed by atoms with Gasteiger partial charge in [0.25, 0.3) is 5.91 Å². The van der Waals surface area contributed by atoms with Crippen LogP contribution in [0.4, 0.5) is 14.6 Å². The fraction of sp³-hybridized carbons (Fsp3) is 0.379. The summed E-state index contributed by atoms with van der Waals surface area (Å²) in [4.78, 5) is 24.2. The molecular weight excluding hydrogens is 579 g/mol. The molecule has 0 atom stereocenters. The van der Waals surface area contributed by atoms with Gasteiger partial charge in [-0.05, 0) is 67.4 Å². The Morgan fingerprint density at radius 1 is 0.850 bits per heavy atom. The molecule has 0 radical (unpaired) electrons. The summed E-state index contributed by atoms with van der Waals surface area (Å²) in [6.07, 6.45) is 3.63. The van der Waals surface area contributed by atoms with Crippen LogP contribution in [0, 0.1) is 11.6 Å². The summed E-state index contributed by atoms with van der Waals surface area (Å²) in [5, 5.41) is 4.20. The number of piperidine rings is 1. The van der Waals surface area contributed by atoms with E-state index in [9.17, 15) is 13.6 Å². The molecule has 1 N–H and O–H groups in total. The molecule has 1 aromatic heterocycles. The Labute approximate surface area is 247 Å². The van der Waals surface area contributed by atoms with Gasteiger partial charge in [0.1, 0.15) is 5.82 Å². The van der Waals surface area contributed by atoms with Crippen LogP contribution in [0.3, 0.4) is 0 Å². The van der Waals surface area contributed by atoms with Crippen LogP contribution in [0.5, 0.6) is 0 Å². The van der Waals surface area contributed by atoms with Gasteiger partial charge < -0.3 is 10.2 Å². The molecule has 0 spiro atoms. The third kappa shape index (κ3) is 7.04. The molecule has 0 aliphatic carbocycles. The number of anilines is 1. The second-order valence-corrected chi connectivity index (χ2v) is 11.5. The van der Waals surface area contributed by atoms with Gasteiger partial charge in [0.2, 0.25) is 0 Å². The van der Waals surface area contributed by atoms with E-state index in [0.717, 1.165) is 63.2 Å². The molecule has 2 aliphatic rings. The molecule has 11 heteroatoms. The lowest BCUT2D eigenvalue weighted by molar-refractivity contribution is 0.0950. The molecule has 212 valence electrons. The van der Waals surface area contributed by atoms with Gasteiger partial charge in [0.05, 0.1) is 20.6 Å². The SMILES string of the molecule is O=C(NCc1ccc(Cl)c(Cl)c1)c1cnc(N2CCN(C3CCN(Cc4ccc(F)c(F)c4)CC3)CC2)c(Cl)c1. The van der Waals surface area contributed by atoms with E-state index in [1.807, 2.05) is 6.07 Å². The highest BCUT2D eigenvalue weighted by Gasteiger charge is 2.28. The average Bonchev–Trinajstić information content (AvgIpc) is 2.96. The van der Waals surface area contributed by atoms with E-state index >= 15 is 0 Å². The predicted molar refractivity (Wildman–Crippen MR) is 155 cm³/mol. The monoisotopic (exact) mass is 607 g/mol. The maximum atomic E-state index is 13.5. The number of rotatable bonds is 7. The van der Waals surface area contributed by atoms with Crippen LogP contribution >= 0.6 is 34.8 Å². The highest BCUT2D eigenvalue weighted by molar-refractivity contribution is 6.42. The summed E-state index contributed by atoms with van der Waals surface area (Å²) in [6, 6.07) is 11.5. The molecule has 2 fully saturated rings. The number of amides is 1. The lowest BCUT2D eigenvalue weighted by Crippen LogP contribution is -2.53. The van der Waals surface area contributed by atoms with Crippen LogP contribution < -0.4 is 10.2 Å². The second kappa shape index (κ2) is 13.0. The number of aromatic nitrogens is 1. The summed E-state index contributed by atoms with van der Waals surface area (Å²) < 4.78 is 26.8. The summed E-state index contributed by atoms with van der Waals surface area (Å²) in [5.41, 5.74) is 2.03. The number of pyridine rings is 1. The fourth-order valence-electron chi connectivity index (χ4n) is 5.36. The molecule has 2 saturated heterocycles. The first kappa shape index (κ1) is 29.0. The summed E-state index contributed by atoms with van der Waals surface area (Å²) in [6.45, 7) is 6.18. The number of carbonyl (C=O) groups is 1. The Morgan fingerprint density at radius 2 is 1.57 bits per heavy atom. The van der Waals surface area contributed by atoms with Gasteiger partial charge in [-0.25, -0.2) is 13.8 Å². The van der Waals surface area contributed by atoms with Gasteiger partial charge in [0, 0.05) is 51.5 Å². The molecule has 2 aromatic carbocycles. The van der Waals surface area contributed by atoms with Crippen molar-refractivity contribution in [2.24, 2.45) is 0 Å². The van der Waals surface area contributed by atoms with Crippen molar-refractivity contribution >= 4 is 46.5 Å². The quantitative estimate of drug-likeness (QED) is 0.355. The second-order valence-electron chi connectivity index (χ2n) is 10.2. The van der Waals surface area contributed by atoms with E-state index in [4.69, 9.17) is 34.8 Å². The maximum Gasteiger partial charge on any atom is 0.253 e. The highest BCUT2D eigenvalue weighted by Crippen LogP contribution is 2.27. The number of hydrogen-bond acceptors (Lipinski definition) is 5. The van der Waals surface area contributed by atoms with Crippen molar-refractivity contribution in [3.8, 4) is 0 Å². The number of carbonyl (C=O) groups excluding carboxylic acids is 1. The number of halogens is 5. The predicted octanol–water partition coefficient (Wildman–Crippen LogP) is 6.04. The Balaban J connectivity index is 1.09. The van der Waals surface area contributed by atoms with E-state index < -0.39 is 11.6 Å². The molecule has 1 amide bonds. The first-order valence-corrected chi connectivity index (χ1v) is 14.4. The molecular formula is C29H30Cl3F2N5O. The molecule has 40 heavy (non-hydrogen) atoms. The Morgan fingerprint density at radius 3 is 2.25 bits per heavy atom. The van der Waals surface area contributed by atoms with Gasteiger partial charge >= 0.3 is 0 Å². The van der Waals surface area contributed by atoms with E-state index in [1.165, 1.54) is 12.1 Å². The van der Waals surface area contributed by atoms with Crippen molar-refractivity contribution in [1.82, 2.24) is 20.1 Å². The Hall–Kier alpha value is -2.49. The summed E-state index contributed by atoms with van der Waals surface area (Å²) in [7, 11) is 0. The molecule has 0 bridgehead atoms. The third-order valence-electron chi connectivity index (χ3n) is 7.60. The zero-order valence-electron chi connectivity index (χ0n) is 21.9. The zero-order valence-corrected chi connectivity index (χ0v) is 24.1. The molecule has 3 aromatic rings. The van der Waals surface area contributed by atoms with Crippen molar-refractivity contribution in [1.29, 1.82) is 0 Å². The van der Waals surface area contributed by atoms with Gasteiger partial charge in [0.15, 0.2) is 11.6 Å². The first-order chi connectivity index (χ1) is 19.3. The van der Waals surface area contributed by atoms with E-state index in [0.29, 0.717) is 45.6 Å². The van der Waals surface area contributed by atoms with Gasteiger partial charge in [-0.1, -0.05) is 46.9 Å². The number of benzene rings is 2. The fourth-order valence-corrected chi connectivity index (χ4v) is 5.97. The number of likely N-dealkylation sites (tertiary alicyclic amines) is 1. The molecule has 3 heterocycles. The van der Waals surface area contributed by atoms with Crippen molar-refractivity contribution in [3.05, 3.63) is 92.1 Å². The van der Waals surface area contributed by atoms with Crippen molar-refractivity contribution in [2.75, 3.05) is 44.2 Å². The van der Waals surface area contributed by atoms with Crippen molar-refractivity contribution in [2.45, 2.75) is 32.0 Å². The Bertz CT molecular complexity index is 1360. The maximum absolute atomic E-state index is 13.5. The average molecular weight is 609 g/mol. The van der Waals surface area contributed by atoms with Crippen molar-refractivity contribution in [3.63, 3.8) is 0 Å². The van der Waals surface area contributed by atoms with E-state index in [-0.39, 0.29) is 5.91 Å². The van der Waals surface area contributed by atoms with Crippen LogP contribution in [0.2, 0.25) is 15.1 Å². The number of piperazine rings is 1. The van der Waals surface area contributed by atoms with Gasteiger partial charge in [-0.15, -0.1) is 0 Å². The number of nitrogens with zero attached hydrogens (tertiary/aromatic N) is 4. The van der Waals surface area contributed by atoms with Gasteiger partial charge in [-0.2, -0.15) is 0 Å². The molecule has 6 nitrogen and oxygen atoms in total. The highest BCUT2D eigenvalue weighted by atomic mass is 35.5. The van der Waals surface area contributed by atoms with E-state index in [2.05, 4.69) is 25.0 Å². The van der Waals surface area contributed by atoms with E-state index in [1.54, 1.807) is 30.5 Å². The minimum atomic E-state index is -0.809. The molecule has 0 saturated carbocycles. The van der Waals surface area contributed by atoms with Crippen LogP contribution in [0.15, 0.2) is 48.7 Å². The largest absolute Gasteiger partial charge is 0.353 e. The van der Waals surface area contributed by atoms with Gasteiger partial charge in [-0.3, -0.25) is 14.6 Å². The van der Waals surface area contributed by atoms with Crippen LogP contribution in [-0.2, 0) is 13.1 Å². The number of nitrogens with one attached hydrogen (secondary N) is 1. The topological polar surface area (TPSA) is 51.7 Å². The summed E-state index contributed by atoms with van der Waals surface area (Å²) >= 11 is 18.6. The minimum Gasteiger partial charge on any atom is -0.353 e. The molecule has 5 rings (SSSR count). The lowest BCUT2D eigenvalue weighted by atomic mass is 10.0. The van der Waals surface area contributed by atoms with Crippen LogP contribution in [0.25, 0.3) is 0 Å². The van der Waals surface area contributed by atoms with Crippen LogP contribution in [-0.4, -0.2) is 66.0 Å².